The first kappa shape index (κ1) is 11.9. The van der Waals surface area contributed by atoms with Gasteiger partial charge < -0.3 is 5.32 Å². The molecule has 5 nitrogen and oxygen atoms in total. The number of nitrogens with one attached hydrogen (secondary N) is 2. The van der Waals surface area contributed by atoms with E-state index in [1.807, 2.05) is 0 Å². The molecular formula is C12H9ClFN5. The van der Waals surface area contributed by atoms with Crippen LogP contribution in [0.5, 0.6) is 0 Å². The Morgan fingerprint density at radius 2 is 2.00 bits per heavy atom. The summed E-state index contributed by atoms with van der Waals surface area (Å²) >= 11 is 5.82. The number of hydrogen-bond acceptors (Lipinski definition) is 4. The Balaban J connectivity index is 1.85. The number of anilines is 1. The van der Waals surface area contributed by atoms with E-state index in [2.05, 4.69) is 25.5 Å². The minimum atomic E-state index is -0.258. The first-order valence-electron chi connectivity index (χ1n) is 5.57. The molecular weight excluding hydrogens is 269 g/mol. The van der Waals surface area contributed by atoms with E-state index in [0.29, 0.717) is 18.0 Å². The maximum Gasteiger partial charge on any atom is 0.226 e. The van der Waals surface area contributed by atoms with E-state index < -0.39 is 0 Å². The summed E-state index contributed by atoms with van der Waals surface area (Å²) in [4.78, 5) is 8.12. The zero-order valence-electron chi connectivity index (χ0n) is 9.69. The van der Waals surface area contributed by atoms with Crippen molar-refractivity contribution >= 4 is 28.5 Å². The molecule has 0 spiro atoms. The van der Waals surface area contributed by atoms with Gasteiger partial charge in [-0.1, -0.05) is 12.1 Å². The van der Waals surface area contributed by atoms with Gasteiger partial charge in [0.25, 0.3) is 0 Å². The fraction of sp³-hybridized carbons (Fsp3) is 0.0833. The Bertz CT molecular complexity index is 710. The lowest BCUT2D eigenvalue weighted by Gasteiger charge is -2.06. The van der Waals surface area contributed by atoms with Crippen molar-refractivity contribution in [3.63, 3.8) is 0 Å². The maximum atomic E-state index is 12.8. The zero-order chi connectivity index (χ0) is 13.2. The third-order valence-electron chi connectivity index (χ3n) is 2.66. The minimum absolute atomic E-state index is 0.137. The third-order valence-corrected chi connectivity index (χ3v) is 2.82. The van der Waals surface area contributed by atoms with Gasteiger partial charge in [0, 0.05) is 6.54 Å². The number of halogens is 2. The van der Waals surface area contributed by atoms with Gasteiger partial charge in [0.1, 0.15) is 11.6 Å². The maximum absolute atomic E-state index is 12.8. The first-order valence-corrected chi connectivity index (χ1v) is 5.95. The summed E-state index contributed by atoms with van der Waals surface area (Å²) in [5.74, 6) is 0.333. The fourth-order valence-electron chi connectivity index (χ4n) is 1.73. The molecule has 2 heterocycles. The molecule has 2 N–H and O–H groups in total. The molecule has 0 radical (unpaired) electrons. The van der Waals surface area contributed by atoms with Crippen molar-refractivity contribution in [3.8, 4) is 0 Å². The standard InChI is InChI=1S/C12H9ClFN5/c13-12-17-10(9-6-16-19-11(9)18-12)15-5-7-1-3-8(14)4-2-7/h1-4,6H,5H2,(H2,15,16,17,18,19). The second kappa shape index (κ2) is 4.81. The molecule has 0 aliphatic heterocycles. The second-order valence-corrected chi connectivity index (χ2v) is 4.29. The third kappa shape index (κ3) is 2.48. The van der Waals surface area contributed by atoms with Gasteiger partial charge in [-0.3, -0.25) is 5.10 Å². The van der Waals surface area contributed by atoms with Crippen molar-refractivity contribution in [3.05, 3.63) is 47.1 Å². The number of nitrogens with zero attached hydrogens (tertiary/aromatic N) is 3. The van der Waals surface area contributed by atoms with Gasteiger partial charge in [0.15, 0.2) is 5.65 Å². The summed E-state index contributed by atoms with van der Waals surface area (Å²) in [6.07, 6.45) is 1.62. The van der Waals surface area contributed by atoms with E-state index in [9.17, 15) is 4.39 Å². The van der Waals surface area contributed by atoms with E-state index >= 15 is 0 Å². The quantitative estimate of drug-likeness (QED) is 0.723. The van der Waals surface area contributed by atoms with E-state index in [1.54, 1.807) is 18.3 Å². The lowest BCUT2D eigenvalue weighted by Crippen LogP contribution is -2.02. The molecule has 0 amide bonds. The van der Waals surface area contributed by atoms with Crippen LogP contribution >= 0.6 is 11.6 Å². The zero-order valence-corrected chi connectivity index (χ0v) is 10.4. The van der Waals surface area contributed by atoms with Crippen LogP contribution in [0.4, 0.5) is 10.2 Å². The van der Waals surface area contributed by atoms with Crippen molar-refractivity contribution in [2.45, 2.75) is 6.54 Å². The van der Waals surface area contributed by atoms with Gasteiger partial charge in [-0.05, 0) is 29.3 Å². The molecule has 2 aromatic heterocycles. The molecule has 0 saturated heterocycles. The average molecular weight is 278 g/mol. The van der Waals surface area contributed by atoms with E-state index in [1.165, 1.54) is 12.1 Å². The van der Waals surface area contributed by atoms with Gasteiger partial charge >= 0.3 is 0 Å². The largest absolute Gasteiger partial charge is 0.365 e. The average Bonchev–Trinajstić information content (AvgIpc) is 2.85. The molecule has 96 valence electrons. The molecule has 7 heteroatoms. The predicted molar refractivity (Wildman–Crippen MR) is 70.4 cm³/mol. The number of rotatable bonds is 3. The van der Waals surface area contributed by atoms with Crippen LogP contribution in [0.15, 0.2) is 30.5 Å². The van der Waals surface area contributed by atoms with Gasteiger partial charge in [0.2, 0.25) is 5.28 Å². The van der Waals surface area contributed by atoms with Crippen LogP contribution in [0, 0.1) is 5.82 Å². The predicted octanol–water partition coefficient (Wildman–Crippen LogP) is 2.76. The minimum Gasteiger partial charge on any atom is -0.365 e. The molecule has 19 heavy (non-hydrogen) atoms. The molecule has 1 aromatic carbocycles. The summed E-state index contributed by atoms with van der Waals surface area (Å²) in [5.41, 5.74) is 1.51. The van der Waals surface area contributed by atoms with Gasteiger partial charge in [0.05, 0.1) is 11.6 Å². The molecule has 0 aliphatic rings. The molecule has 0 atom stereocenters. The lowest BCUT2D eigenvalue weighted by atomic mass is 10.2. The summed E-state index contributed by atoms with van der Waals surface area (Å²) in [7, 11) is 0. The molecule has 0 aliphatic carbocycles. The summed E-state index contributed by atoms with van der Waals surface area (Å²) < 4.78 is 12.8. The molecule has 3 aromatic rings. The Labute approximate surface area is 112 Å². The van der Waals surface area contributed by atoms with E-state index in [-0.39, 0.29) is 11.1 Å². The van der Waals surface area contributed by atoms with Crippen molar-refractivity contribution in [1.29, 1.82) is 0 Å². The van der Waals surface area contributed by atoms with Crippen molar-refractivity contribution in [2.24, 2.45) is 0 Å². The molecule has 0 bridgehead atoms. The van der Waals surface area contributed by atoms with Crippen molar-refractivity contribution in [2.75, 3.05) is 5.32 Å². The summed E-state index contributed by atoms with van der Waals surface area (Å²) in [5, 5.41) is 10.7. The number of H-pyrrole nitrogens is 1. The van der Waals surface area contributed by atoms with E-state index in [0.717, 1.165) is 10.9 Å². The normalized spacial score (nSPS) is 10.8. The molecule has 0 saturated carbocycles. The van der Waals surface area contributed by atoms with Crippen LogP contribution in [0.25, 0.3) is 11.0 Å². The topological polar surface area (TPSA) is 66.5 Å². The highest BCUT2D eigenvalue weighted by molar-refractivity contribution is 6.28. The highest BCUT2D eigenvalue weighted by Gasteiger charge is 2.08. The Morgan fingerprint density at radius 3 is 2.79 bits per heavy atom. The number of benzene rings is 1. The summed E-state index contributed by atoms with van der Waals surface area (Å²) in [6, 6.07) is 6.24. The van der Waals surface area contributed by atoms with Crippen molar-refractivity contribution < 1.29 is 4.39 Å². The van der Waals surface area contributed by atoms with Crippen molar-refractivity contribution in [1.82, 2.24) is 20.2 Å². The highest BCUT2D eigenvalue weighted by atomic mass is 35.5. The van der Waals surface area contributed by atoms with Gasteiger partial charge in [-0.15, -0.1) is 0 Å². The number of hydrogen-bond donors (Lipinski definition) is 2. The fourth-order valence-corrected chi connectivity index (χ4v) is 1.90. The van der Waals surface area contributed by atoms with Crippen LogP contribution in [-0.4, -0.2) is 20.2 Å². The molecule has 0 fully saturated rings. The number of aromatic amines is 1. The van der Waals surface area contributed by atoms with Gasteiger partial charge in [-0.2, -0.15) is 15.1 Å². The highest BCUT2D eigenvalue weighted by Crippen LogP contribution is 2.20. The van der Waals surface area contributed by atoms with E-state index in [4.69, 9.17) is 11.6 Å². The van der Waals surface area contributed by atoms with Crippen LogP contribution in [0.3, 0.4) is 0 Å². The van der Waals surface area contributed by atoms with Crippen LogP contribution in [0.2, 0.25) is 5.28 Å². The summed E-state index contributed by atoms with van der Waals surface area (Å²) in [6.45, 7) is 0.508. The molecule has 0 unspecified atom stereocenters. The monoisotopic (exact) mass is 277 g/mol. The first-order chi connectivity index (χ1) is 9.22. The Kier molecular flexibility index (Phi) is 3.00. The Hall–Kier alpha value is -2.21. The Morgan fingerprint density at radius 1 is 1.21 bits per heavy atom. The molecule has 3 rings (SSSR count). The SMILES string of the molecule is Fc1ccc(CNc2nc(Cl)nc3[nH]ncc23)cc1. The number of fused-ring (bicyclic) bond motifs is 1. The second-order valence-electron chi connectivity index (χ2n) is 3.95. The van der Waals surface area contributed by atoms with Crippen LogP contribution in [-0.2, 0) is 6.54 Å². The smallest absolute Gasteiger partial charge is 0.226 e. The van der Waals surface area contributed by atoms with Crippen LogP contribution in [0.1, 0.15) is 5.56 Å². The number of aromatic nitrogens is 4. The van der Waals surface area contributed by atoms with Crippen LogP contribution < -0.4 is 5.32 Å². The van der Waals surface area contributed by atoms with Gasteiger partial charge in [-0.25, -0.2) is 4.39 Å². The lowest BCUT2D eigenvalue weighted by molar-refractivity contribution is 0.627.